The molecular formula is C102H94Cl3F9N26O8. The van der Waals surface area contributed by atoms with Gasteiger partial charge in [0.2, 0.25) is 11.8 Å². The number of nitrogens with two attached hydrogens (primary N) is 2. The van der Waals surface area contributed by atoms with Crippen LogP contribution in [0.5, 0.6) is 0 Å². The number of piperazine rings is 2. The predicted molar refractivity (Wildman–Crippen MR) is 550 cm³/mol. The van der Waals surface area contributed by atoms with Crippen molar-refractivity contribution in [2.75, 3.05) is 47.4 Å². The van der Waals surface area contributed by atoms with Gasteiger partial charge < -0.3 is 49.3 Å². The van der Waals surface area contributed by atoms with E-state index in [2.05, 4.69) is 68.0 Å². The van der Waals surface area contributed by atoms with E-state index in [1.165, 1.54) is 79.4 Å². The Morgan fingerprint density at radius 1 is 0.385 bits per heavy atom. The van der Waals surface area contributed by atoms with Crippen LogP contribution in [0.25, 0.3) is 134 Å². The highest BCUT2D eigenvalue weighted by Gasteiger charge is 2.40. The van der Waals surface area contributed by atoms with Crippen LogP contribution in [0.2, 0.25) is 15.3 Å². The molecule has 2 aliphatic heterocycles. The van der Waals surface area contributed by atoms with E-state index in [0.29, 0.717) is 84.9 Å². The summed E-state index contributed by atoms with van der Waals surface area (Å²) in [7, 11) is 6.94. The van der Waals surface area contributed by atoms with Crippen molar-refractivity contribution in [1.82, 2.24) is 106 Å². The lowest BCUT2D eigenvalue weighted by molar-refractivity contribution is -0.129. The molecule has 0 aliphatic carbocycles. The summed E-state index contributed by atoms with van der Waals surface area (Å²) in [4.78, 5) is 158. The number of aromatic nitrogens is 20. The molecule has 2 amide bonds. The number of anilines is 4. The number of pyridine rings is 4. The molecule has 18 aromatic rings. The third kappa shape index (κ3) is 17.8. The van der Waals surface area contributed by atoms with E-state index in [0.717, 1.165) is 42.5 Å². The normalized spacial score (nSPS) is 15.0. The van der Waals surface area contributed by atoms with Gasteiger partial charge >= 0.3 is 22.8 Å². The minimum absolute atomic E-state index is 0.0108. The van der Waals surface area contributed by atoms with Crippen molar-refractivity contribution >= 4 is 158 Å². The Morgan fingerprint density at radius 3 is 1.01 bits per heavy atom. The molecule has 34 nitrogen and oxygen atoms in total. The van der Waals surface area contributed by atoms with Crippen LogP contribution < -0.4 is 55.1 Å². The molecular weight excluding hydrogens is 1990 g/mol. The zero-order chi connectivity index (χ0) is 107. The first-order valence-electron chi connectivity index (χ1n) is 46.4. The van der Waals surface area contributed by atoms with Gasteiger partial charge in [0.15, 0.2) is 50.3 Å². The Kier molecular flexibility index (Phi) is 27.7. The third-order valence-electron chi connectivity index (χ3n) is 26.3. The number of benzene rings is 6. The Balaban J connectivity index is 0.000000138. The largest absolute Gasteiger partial charge is 0.398 e. The number of carbonyl (C=O) groups excluding carboxylic acids is 2. The molecule has 14 heterocycles. The molecule has 6 aromatic carbocycles. The topological polar surface area (TPSA) is 401 Å². The first-order valence-corrected chi connectivity index (χ1v) is 47.5. The lowest BCUT2D eigenvalue weighted by Gasteiger charge is -2.44. The molecule has 2 aliphatic rings. The fraction of sp³-hybridized carbons (Fsp3) is 0.275. The molecule has 4 atom stereocenters. The van der Waals surface area contributed by atoms with Crippen LogP contribution in [0, 0.1) is 52.4 Å². The summed E-state index contributed by atoms with van der Waals surface area (Å²) in [5, 5.41) is -1.03. The third-order valence-corrected chi connectivity index (χ3v) is 27.1. The van der Waals surface area contributed by atoms with E-state index in [1.807, 2.05) is 88.0 Å². The quantitative estimate of drug-likeness (QED) is 0.0340. The van der Waals surface area contributed by atoms with Crippen LogP contribution in [0.4, 0.5) is 62.5 Å². The van der Waals surface area contributed by atoms with Gasteiger partial charge in [-0.05, 0) is 112 Å². The zero-order valence-electron chi connectivity index (χ0n) is 82.2. The van der Waals surface area contributed by atoms with Crippen LogP contribution in [-0.2, 0) is 37.8 Å². The van der Waals surface area contributed by atoms with Crippen LogP contribution in [0.3, 0.4) is 0 Å². The van der Waals surface area contributed by atoms with E-state index >= 15 is 30.7 Å². The van der Waals surface area contributed by atoms with E-state index in [1.54, 1.807) is 79.9 Å². The molecule has 2 fully saturated rings. The summed E-state index contributed by atoms with van der Waals surface area (Å²) in [6, 6.07) is 16.4. The monoisotopic (exact) mass is 2090 g/mol. The number of nitrogens with zero attached hydrogens (tertiary/aromatic N) is 22. The Bertz CT molecular complexity index is 8510. The lowest BCUT2D eigenvalue weighted by Crippen LogP contribution is -2.58. The molecule has 46 heteroatoms. The number of aryl methyl sites for hydroxylation is 4. The molecule has 0 unspecified atom stereocenters. The minimum atomic E-state index is -0.922. The smallest absolute Gasteiger partial charge is 0.355 e. The highest BCUT2D eigenvalue weighted by Crippen LogP contribution is 2.45. The van der Waals surface area contributed by atoms with Crippen molar-refractivity contribution in [3.63, 3.8) is 0 Å². The number of amides is 2. The molecule has 0 radical (unpaired) electrons. The van der Waals surface area contributed by atoms with E-state index in [9.17, 15) is 47.1 Å². The maximum atomic E-state index is 16.3. The van der Waals surface area contributed by atoms with Gasteiger partial charge in [0.1, 0.15) is 52.2 Å². The Labute approximate surface area is 848 Å². The van der Waals surface area contributed by atoms with E-state index in [-0.39, 0.29) is 179 Å². The number of hydrogen-bond donors (Lipinski definition) is 4. The standard InChI is InChI=1S/C33H33ClF2N8O2.C33H33F3N8O2.2C18H14ClF2N5O2/c1-7-25(45)42-13-18(5)43(14-17(42)4)31-19-11-20(34)28(27-21(35)9-8-10-23(27)37)39-32(19)44(33(46)40-31)30-22(36)12-24-29(26(30)16(2)3)38-15-41(24)6;1-7-25(45)42-13-18(5)43(14-17(42)4)31-19-11-21(35)28(27-20(34)9-8-10-23(27)37)39-32(19)44(33(46)40-31)30-22(36)12-24-29(26(30)16(2)3)38-15-41(24)6;2*1-7(2)12-13-11(25(3)6-22-13)5-9(20)14(12)26-16-8(17(27)24-18(26)28)4-10(21)15(19)23-16/h2*7-12,15-18H,1,13-14,37H2,2-6H3;2*4-7H,1-3H3,(H,24,27,28)/t2*17-,18+;;/m11../s1. The summed E-state index contributed by atoms with van der Waals surface area (Å²) < 4.78 is 148. The number of rotatable bonds is 14. The number of carbonyl (C=O) groups is 2. The molecule has 20 rings (SSSR count). The number of hydrogen-bond acceptors (Lipinski definition) is 22. The van der Waals surface area contributed by atoms with Crippen molar-refractivity contribution in [1.29, 1.82) is 0 Å². The molecule has 0 bridgehead atoms. The molecule has 6 N–H and O–H groups in total. The lowest BCUT2D eigenvalue weighted by atomic mass is 9.98. The summed E-state index contributed by atoms with van der Waals surface area (Å²) in [5.74, 6) is -8.20. The fourth-order valence-electron chi connectivity index (χ4n) is 19.4. The molecule has 12 aromatic heterocycles. The van der Waals surface area contributed by atoms with Crippen LogP contribution >= 0.6 is 34.8 Å². The molecule has 148 heavy (non-hydrogen) atoms. The van der Waals surface area contributed by atoms with Gasteiger partial charge in [-0.2, -0.15) is 9.97 Å². The second kappa shape index (κ2) is 39.6. The number of H-pyrrole nitrogens is 2. The maximum Gasteiger partial charge on any atom is 0.355 e. The predicted octanol–water partition coefficient (Wildman–Crippen LogP) is 16.7. The second-order valence-electron chi connectivity index (χ2n) is 37.4. The van der Waals surface area contributed by atoms with E-state index in [4.69, 9.17) is 51.3 Å². The van der Waals surface area contributed by atoms with E-state index < -0.39 is 102 Å². The zero-order valence-corrected chi connectivity index (χ0v) is 84.5. The maximum absolute atomic E-state index is 16.3. The van der Waals surface area contributed by atoms with Gasteiger partial charge in [0, 0.05) is 136 Å². The Hall–Kier alpha value is -16.2. The first-order chi connectivity index (χ1) is 70.1. The number of nitrogens with one attached hydrogen (secondary N) is 2. The van der Waals surface area contributed by atoms with Crippen LogP contribution in [-0.4, -0.2) is 168 Å². The van der Waals surface area contributed by atoms with Gasteiger partial charge in [0.25, 0.3) is 11.1 Å². The molecule has 764 valence electrons. The van der Waals surface area contributed by atoms with Crippen molar-refractivity contribution < 1.29 is 49.1 Å². The number of aromatic amines is 2. The fourth-order valence-corrected chi connectivity index (χ4v) is 19.9. The molecule has 0 saturated carbocycles. The minimum Gasteiger partial charge on any atom is -0.398 e. The molecule has 2 saturated heterocycles. The Morgan fingerprint density at radius 2 is 0.689 bits per heavy atom. The molecule has 0 spiro atoms. The van der Waals surface area contributed by atoms with Gasteiger partial charge in [-0.25, -0.2) is 117 Å². The van der Waals surface area contributed by atoms with Gasteiger partial charge in [-0.15, -0.1) is 0 Å². The SMILES string of the molecule is C=CC(=O)N1C[C@H](C)N(c2nc(=O)n(-c3c(F)cc4c(ncn4C)c3C(C)C)c3nc(-c4c(N)cccc4F)c(Cl)cc23)C[C@H]1C.C=CC(=O)N1C[C@H](C)N(c2nc(=O)n(-c3c(F)cc4c(ncn4C)c3C(C)C)c3nc(-c4c(N)cccc4F)c(F)cc23)C[C@H]1C.CC(C)c1c(-n2c(=O)[nH]c(=O)c3cc(F)c(Cl)nc32)c(F)cc2c1ncn2C.CC(C)c1c(-n2c(=O)[nH]c(=O)c3cc(F)c(Cl)nc32)c(F)cc2c1ncn2C. The van der Waals surface area contributed by atoms with Crippen molar-refractivity contribution in [2.45, 2.75) is 131 Å². The number of imidazole rings is 4. The van der Waals surface area contributed by atoms with Crippen molar-refractivity contribution in [2.24, 2.45) is 28.2 Å². The first kappa shape index (κ1) is 103. The van der Waals surface area contributed by atoms with Gasteiger partial charge in [0.05, 0.1) is 136 Å². The summed E-state index contributed by atoms with van der Waals surface area (Å²) >= 11 is 18.3. The number of fused-ring (bicyclic) bond motifs is 8. The summed E-state index contributed by atoms with van der Waals surface area (Å²) in [5.41, 5.74) is 11.3. The van der Waals surface area contributed by atoms with Gasteiger partial charge in [-0.3, -0.25) is 29.1 Å². The van der Waals surface area contributed by atoms with Crippen molar-refractivity contribution in [3.05, 3.63) is 288 Å². The van der Waals surface area contributed by atoms with Crippen LogP contribution in [0.1, 0.15) is 129 Å². The number of halogens is 12. The number of nitrogen functional groups attached to an aromatic ring is 2. The summed E-state index contributed by atoms with van der Waals surface area (Å²) in [6.07, 6.45) is 8.72. The van der Waals surface area contributed by atoms with Crippen LogP contribution in [0.15, 0.2) is 164 Å². The average molecular weight is 2090 g/mol. The van der Waals surface area contributed by atoms with Crippen molar-refractivity contribution in [3.8, 4) is 45.3 Å². The van der Waals surface area contributed by atoms with Gasteiger partial charge in [-0.1, -0.05) is 115 Å². The summed E-state index contributed by atoms with van der Waals surface area (Å²) in [6.45, 7) is 30.6. The highest BCUT2D eigenvalue weighted by molar-refractivity contribution is 6.34. The average Bonchev–Trinajstić information content (AvgIpc) is 1.33. The highest BCUT2D eigenvalue weighted by atomic mass is 35.5. The second-order valence-corrected chi connectivity index (χ2v) is 38.6.